The Labute approximate surface area is 165 Å². The lowest BCUT2D eigenvalue weighted by molar-refractivity contribution is 0.416. The fourth-order valence-electron chi connectivity index (χ4n) is 2.71. The van der Waals surface area contributed by atoms with Crippen molar-refractivity contribution >= 4 is 6.21 Å². The maximum Gasteiger partial charge on any atom is 0.326 e. The number of aromatic nitrogens is 2. The van der Waals surface area contributed by atoms with Gasteiger partial charge in [0.05, 0.1) is 18.5 Å². The fraction of sp³-hybridized carbons (Fsp3) is 0.429. The van der Waals surface area contributed by atoms with Crippen LogP contribution in [-0.4, -0.2) is 34.0 Å². The van der Waals surface area contributed by atoms with Gasteiger partial charge in [-0.2, -0.15) is 0 Å². The second-order valence-electron chi connectivity index (χ2n) is 6.75. The van der Waals surface area contributed by atoms with Gasteiger partial charge in [-0.3, -0.25) is 9.56 Å². The Morgan fingerprint density at radius 1 is 1.46 bits per heavy atom. The van der Waals surface area contributed by atoms with E-state index in [0.29, 0.717) is 17.1 Å². The van der Waals surface area contributed by atoms with Gasteiger partial charge in [0.2, 0.25) is 0 Å². The number of aliphatic imine (C=N–C) groups is 1. The molecule has 1 aromatic heterocycles. The monoisotopic (exact) mass is 390 g/mol. The van der Waals surface area contributed by atoms with E-state index in [4.69, 9.17) is 0 Å². The molecular weight excluding hydrogens is 359 g/mol. The lowest BCUT2D eigenvalue weighted by atomic mass is 10.1. The molecule has 1 aliphatic heterocycles. The molecule has 0 aromatic carbocycles. The second kappa shape index (κ2) is 11.2. The minimum atomic E-state index is -0.822. The first-order valence-electron chi connectivity index (χ1n) is 9.30. The van der Waals surface area contributed by atoms with Crippen molar-refractivity contribution in [2.45, 2.75) is 40.2 Å². The molecule has 0 radical (unpaired) electrons. The zero-order valence-corrected chi connectivity index (χ0v) is 17.0. The summed E-state index contributed by atoms with van der Waals surface area (Å²) in [5.41, 5.74) is 1.10. The van der Waals surface area contributed by atoms with Crippen LogP contribution < -0.4 is 11.0 Å². The molecule has 0 amide bonds. The normalized spacial score (nSPS) is 17.1. The van der Waals surface area contributed by atoms with E-state index in [1.54, 1.807) is 13.8 Å². The maximum absolute atomic E-state index is 13.4. The summed E-state index contributed by atoms with van der Waals surface area (Å²) < 4.78 is 14.7. The molecule has 1 saturated heterocycles. The Morgan fingerprint density at radius 2 is 2.14 bits per heavy atom. The lowest BCUT2D eigenvalue weighted by Crippen LogP contribution is -2.19. The number of hydrogen-bond donors (Lipinski definition) is 3. The predicted molar refractivity (Wildman–Crippen MR) is 114 cm³/mol. The van der Waals surface area contributed by atoms with E-state index in [0.717, 1.165) is 12.0 Å². The Morgan fingerprint density at radius 3 is 2.57 bits per heavy atom. The number of nitrogens with zero attached hydrogens (tertiary/aromatic N) is 2. The molecule has 3 N–H and O–H groups in total. The van der Waals surface area contributed by atoms with Gasteiger partial charge in [0.15, 0.2) is 0 Å². The number of aliphatic hydroxyl groups excluding tert-OH is 1. The third-order valence-electron chi connectivity index (χ3n) is 4.58. The molecule has 7 heteroatoms. The largest absolute Gasteiger partial charge is 0.508 e. The quantitative estimate of drug-likeness (QED) is 0.375. The SMILES string of the molecule is C=C/C(O)=C(/Cn1c(C)c(C=NC(=C)C)[nH]c1=O)C(=C)F.CC[C@@H]1CCNC1. The van der Waals surface area contributed by atoms with Crippen LogP contribution in [0.25, 0.3) is 0 Å². The van der Waals surface area contributed by atoms with Crippen LogP contribution in [0.5, 0.6) is 0 Å². The molecule has 6 nitrogen and oxygen atoms in total. The van der Waals surface area contributed by atoms with Crippen molar-refractivity contribution in [3.63, 3.8) is 0 Å². The van der Waals surface area contributed by atoms with E-state index in [1.807, 2.05) is 0 Å². The van der Waals surface area contributed by atoms with Crippen LogP contribution in [0.2, 0.25) is 0 Å². The highest BCUT2D eigenvalue weighted by Gasteiger charge is 2.14. The molecule has 0 spiro atoms. The van der Waals surface area contributed by atoms with E-state index < -0.39 is 11.5 Å². The topological polar surface area (TPSA) is 82.4 Å². The average molecular weight is 391 g/mol. The highest BCUT2D eigenvalue weighted by atomic mass is 19.1. The molecule has 2 heterocycles. The first-order chi connectivity index (χ1) is 13.2. The second-order valence-corrected chi connectivity index (χ2v) is 6.75. The van der Waals surface area contributed by atoms with Crippen molar-refractivity contribution in [3.8, 4) is 0 Å². The molecule has 1 aromatic rings. The number of H-pyrrole nitrogens is 1. The number of hydrogen-bond acceptors (Lipinski definition) is 4. The summed E-state index contributed by atoms with van der Waals surface area (Å²) in [6.45, 7) is 18.2. The molecule has 28 heavy (non-hydrogen) atoms. The molecule has 1 fully saturated rings. The minimum absolute atomic E-state index is 0.0995. The third-order valence-corrected chi connectivity index (χ3v) is 4.58. The van der Waals surface area contributed by atoms with Crippen molar-refractivity contribution in [3.05, 3.63) is 70.5 Å². The molecule has 0 saturated carbocycles. The van der Waals surface area contributed by atoms with Gasteiger partial charge in [-0.05, 0) is 45.4 Å². The van der Waals surface area contributed by atoms with Crippen LogP contribution in [0.4, 0.5) is 4.39 Å². The summed E-state index contributed by atoms with van der Waals surface area (Å²) in [7, 11) is 0. The van der Waals surface area contributed by atoms with Gasteiger partial charge >= 0.3 is 5.69 Å². The zero-order chi connectivity index (χ0) is 21.3. The predicted octanol–water partition coefficient (Wildman–Crippen LogP) is 3.92. The van der Waals surface area contributed by atoms with Crippen molar-refractivity contribution < 1.29 is 9.50 Å². The van der Waals surface area contributed by atoms with E-state index in [-0.39, 0.29) is 17.9 Å². The summed E-state index contributed by atoms with van der Waals surface area (Å²) in [6, 6.07) is 0. The molecule has 154 valence electrons. The molecule has 1 atom stereocenters. The van der Waals surface area contributed by atoms with Crippen molar-refractivity contribution in [1.82, 2.24) is 14.9 Å². The summed E-state index contributed by atoms with van der Waals surface area (Å²) in [6.07, 6.45) is 5.32. The summed E-state index contributed by atoms with van der Waals surface area (Å²) >= 11 is 0. The minimum Gasteiger partial charge on any atom is -0.508 e. The highest BCUT2D eigenvalue weighted by molar-refractivity contribution is 5.79. The lowest BCUT2D eigenvalue weighted by Gasteiger charge is -2.08. The highest BCUT2D eigenvalue weighted by Crippen LogP contribution is 2.17. The van der Waals surface area contributed by atoms with Crippen LogP contribution in [0.3, 0.4) is 0 Å². The standard InChI is InChI=1S/C15H18FN3O2.C6H13N/c1-6-14(20)12(10(4)16)8-19-11(5)13(18-15(19)21)7-17-9(2)3;1-2-6-3-4-7-5-6/h6-7,20H,1-2,4,8H2,3,5H3,(H,18,21);6-7H,2-5H2,1H3/b14-12+,17-7?;/t;6-/m.1/s1. The first kappa shape index (κ1) is 23.4. The number of aliphatic hydroxyl groups is 1. The van der Waals surface area contributed by atoms with E-state index in [2.05, 4.69) is 42.0 Å². The van der Waals surface area contributed by atoms with Gasteiger partial charge in [-0.25, -0.2) is 9.18 Å². The molecule has 1 aliphatic rings. The maximum atomic E-state index is 13.4. The van der Waals surface area contributed by atoms with Gasteiger partial charge < -0.3 is 15.4 Å². The number of imidazole rings is 1. The van der Waals surface area contributed by atoms with Crippen LogP contribution in [0.1, 0.15) is 38.1 Å². The van der Waals surface area contributed by atoms with Crippen LogP contribution >= 0.6 is 0 Å². The van der Waals surface area contributed by atoms with Gasteiger partial charge in [-0.15, -0.1) is 0 Å². The number of halogens is 1. The van der Waals surface area contributed by atoms with Crippen molar-refractivity contribution in [2.75, 3.05) is 13.1 Å². The van der Waals surface area contributed by atoms with Gasteiger partial charge in [0, 0.05) is 17.0 Å². The Hall–Kier alpha value is -2.67. The molecule has 0 aliphatic carbocycles. The summed E-state index contributed by atoms with van der Waals surface area (Å²) in [4.78, 5) is 18.5. The third kappa shape index (κ3) is 6.81. The number of nitrogens with one attached hydrogen (secondary N) is 2. The fourth-order valence-corrected chi connectivity index (χ4v) is 2.71. The number of allylic oxidation sites excluding steroid dienone is 4. The Kier molecular flexibility index (Phi) is 9.38. The van der Waals surface area contributed by atoms with E-state index >= 15 is 0 Å². The van der Waals surface area contributed by atoms with Crippen LogP contribution in [0.15, 0.2) is 58.5 Å². The van der Waals surface area contributed by atoms with E-state index in [9.17, 15) is 14.3 Å². The summed E-state index contributed by atoms with van der Waals surface area (Å²) in [5.74, 6) is -0.191. The van der Waals surface area contributed by atoms with Gasteiger partial charge in [0.25, 0.3) is 0 Å². The Balaban J connectivity index is 0.000000467. The van der Waals surface area contributed by atoms with E-state index in [1.165, 1.54) is 36.7 Å². The molecule has 0 unspecified atom stereocenters. The molecule has 0 bridgehead atoms. The smallest absolute Gasteiger partial charge is 0.326 e. The van der Waals surface area contributed by atoms with Gasteiger partial charge in [0.1, 0.15) is 11.6 Å². The van der Waals surface area contributed by atoms with Crippen LogP contribution in [0, 0.1) is 12.8 Å². The van der Waals surface area contributed by atoms with Gasteiger partial charge in [-0.1, -0.05) is 33.1 Å². The first-order valence-corrected chi connectivity index (χ1v) is 9.30. The van der Waals surface area contributed by atoms with Crippen molar-refractivity contribution in [1.29, 1.82) is 0 Å². The van der Waals surface area contributed by atoms with Crippen molar-refractivity contribution in [2.24, 2.45) is 10.9 Å². The summed E-state index contributed by atoms with van der Waals surface area (Å²) in [5, 5.41) is 12.9. The molecular formula is C21H31FN4O2. The Bertz CT molecular complexity index is 824. The number of rotatable bonds is 7. The zero-order valence-electron chi connectivity index (χ0n) is 17.0. The molecule has 2 rings (SSSR count). The number of aromatic amines is 1. The van der Waals surface area contributed by atoms with Crippen LogP contribution in [-0.2, 0) is 6.54 Å². The average Bonchev–Trinajstić information content (AvgIpc) is 3.26.